The molecule has 1 N–H and O–H groups in total. The first-order valence-corrected chi connectivity index (χ1v) is 10.1. The van der Waals surface area contributed by atoms with Gasteiger partial charge >= 0.3 is 0 Å². The molecule has 0 aliphatic carbocycles. The fourth-order valence-corrected chi connectivity index (χ4v) is 3.77. The zero-order valence-electron chi connectivity index (χ0n) is 17.9. The molecule has 0 fully saturated rings. The van der Waals surface area contributed by atoms with Crippen molar-refractivity contribution in [3.8, 4) is 0 Å². The Bertz CT molecular complexity index is 1070. The molecular weight excluding hydrogens is 415 g/mol. The summed E-state index contributed by atoms with van der Waals surface area (Å²) in [6.45, 7) is 4.48. The number of fused-ring (bicyclic) bond motifs is 1. The molecule has 3 heterocycles. The molecule has 1 amide bonds. The summed E-state index contributed by atoms with van der Waals surface area (Å²) in [5.41, 5.74) is 3.55. The molecule has 9 heteroatoms. The van der Waals surface area contributed by atoms with E-state index in [-0.39, 0.29) is 31.3 Å². The van der Waals surface area contributed by atoms with Gasteiger partial charge in [-0.25, -0.2) is 14.4 Å². The number of hydrogen-bond acceptors (Lipinski definition) is 5. The smallest absolute Gasteiger partial charge is 0.247 e. The number of carbonyl (C=O) groups excluding carboxylic acids is 1. The van der Waals surface area contributed by atoms with Gasteiger partial charge in [0.1, 0.15) is 23.4 Å². The average molecular weight is 443 g/mol. The number of likely N-dealkylation sites (N-methyl/N-ethyl adjacent to an activating group) is 1. The largest absolute Gasteiger partial charge is 0.346 e. The van der Waals surface area contributed by atoms with Crippen molar-refractivity contribution in [3.63, 3.8) is 0 Å². The Kier molecular flexibility index (Phi) is 6.94. The van der Waals surface area contributed by atoms with E-state index in [0.717, 1.165) is 34.9 Å². The quantitative estimate of drug-likeness (QED) is 0.634. The minimum absolute atomic E-state index is 0. The van der Waals surface area contributed by atoms with Crippen LogP contribution in [-0.4, -0.2) is 38.7 Å². The second kappa shape index (κ2) is 9.47. The molecule has 0 saturated carbocycles. The summed E-state index contributed by atoms with van der Waals surface area (Å²) in [4.78, 5) is 23.5. The van der Waals surface area contributed by atoms with E-state index in [0.29, 0.717) is 25.1 Å². The number of rotatable bonds is 6. The Balaban J connectivity index is 0.00000272. The Morgan fingerprint density at radius 2 is 1.87 bits per heavy atom. The lowest BCUT2D eigenvalue weighted by Gasteiger charge is -2.34. The summed E-state index contributed by atoms with van der Waals surface area (Å²) in [6, 6.07) is 6.22. The first kappa shape index (κ1) is 22.7. The highest BCUT2D eigenvalue weighted by molar-refractivity contribution is 7.59. The van der Waals surface area contributed by atoms with Crippen molar-refractivity contribution in [2.24, 2.45) is 0 Å². The number of halogens is 1. The van der Waals surface area contributed by atoms with E-state index in [1.54, 1.807) is 12.1 Å². The molecule has 2 aromatic heterocycles. The number of aryl methyl sites for hydroxylation is 3. The van der Waals surface area contributed by atoms with E-state index >= 15 is 0 Å². The predicted molar refractivity (Wildman–Crippen MR) is 123 cm³/mol. The summed E-state index contributed by atoms with van der Waals surface area (Å²) in [5.74, 6) is 1.27. The Morgan fingerprint density at radius 1 is 1.13 bits per heavy atom. The van der Waals surface area contributed by atoms with Gasteiger partial charge in [-0.2, -0.15) is 18.6 Å². The number of benzene rings is 1. The molecule has 164 valence electrons. The zero-order valence-corrected chi connectivity index (χ0v) is 18.9. The molecular formula is C22H27FN6OS. The molecule has 1 aliphatic rings. The fourth-order valence-electron chi connectivity index (χ4n) is 3.77. The van der Waals surface area contributed by atoms with E-state index < -0.39 is 0 Å². The molecule has 0 radical (unpaired) electrons. The van der Waals surface area contributed by atoms with Crippen molar-refractivity contribution in [2.75, 3.05) is 17.3 Å². The highest BCUT2D eigenvalue weighted by Gasteiger charge is 2.31. The number of anilines is 2. The zero-order chi connectivity index (χ0) is 21.3. The summed E-state index contributed by atoms with van der Waals surface area (Å²) in [7, 11) is 1.90. The molecule has 0 spiro atoms. The van der Waals surface area contributed by atoms with Crippen molar-refractivity contribution in [1.29, 1.82) is 0 Å². The number of nitrogens with zero attached hydrogens (tertiary/aromatic N) is 5. The normalized spacial score (nSPS) is 15.3. The van der Waals surface area contributed by atoms with Crippen molar-refractivity contribution in [1.82, 2.24) is 19.7 Å². The lowest BCUT2D eigenvalue weighted by Crippen LogP contribution is -2.46. The van der Waals surface area contributed by atoms with Crippen LogP contribution in [0, 0.1) is 12.7 Å². The Labute approximate surface area is 188 Å². The van der Waals surface area contributed by atoms with Crippen LogP contribution in [0.3, 0.4) is 0 Å². The van der Waals surface area contributed by atoms with Crippen LogP contribution in [0.2, 0.25) is 0 Å². The second-order valence-corrected chi connectivity index (χ2v) is 7.62. The van der Waals surface area contributed by atoms with Gasteiger partial charge < -0.3 is 10.2 Å². The number of amides is 1. The molecule has 1 aromatic carbocycles. The standard InChI is InChI=1S/C22H25FN6O.H2S/c1-4-18-22(30)27-20-14(2)25-19(26-21(20)28(18)3)10-7-16-11-24-29(13-16)12-15-5-8-17(23)9-6-15;/h5-6,8-9,11,13,18H,4,7,10,12H2,1-3H3,(H,27,30);1H2/t18-;/m0./s1. The first-order valence-electron chi connectivity index (χ1n) is 10.1. The van der Waals surface area contributed by atoms with Crippen molar-refractivity contribution in [3.05, 3.63) is 65.1 Å². The van der Waals surface area contributed by atoms with Crippen LogP contribution in [0.25, 0.3) is 0 Å². The third-order valence-corrected chi connectivity index (χ3v) is 5.44. The number of hydrogen-bond donors (Lipinski definition) is 1. The average Bonchev–Trinajstić information content (AvgIpc) is 3.17. The number of carbonyl (C=O) groups is 1. The summed E-state index contributed by atoms with van der Waals surface area (Å²) in [5, 5.41) is 7.35. The maximum atomic E-state index is 13.1. The van der Waals surface area contributed by atoms with E-state index in [2.05, 4.69) is 15.4 Å². The molecule has 3 aromatic rings. The highest BCUT2D eigenvalue weighted by Crippen LogP contribution is 2.32. The molecule has 0 saturated heterocycles. The molecule has 31 heavy (non-hydrogen) atoms. The monoisotopic (exact) mass is 442 g/mol. The summed E-state index contributed by atoms with van der Waals surface area (Å²) >= 11 is 0. The second-order valence-electron chi connectivity index (χ2n) is 7.62. The number of nitrogens with one attached hydrogen (secondary N) is 1. The van der Waals surface area contributed by atoms with Gasteiger partial charge in [-0.15, -0.1) is 0 Å². The van der Waals surface area contributed by atoms with Crippen LogP contribution in [-0.2, 0) is 24.2 Å². The maximum absolute atomic E-state index is 13.1. The van der Waals surface area contributed by atoms with Gasteiger partial charge in [-0.1, -0.05) is 19.1 Å². The Hall–Kier alpha value is -2.94. The van der Waals surface area contributed by atoms with Gasteiger partial charge in [-0.3, -0.25) is 9.48 Å². The molecule has 0 bridgehead atoms. The van der Waals surface area contributed by atoms with Gasteiger partial charge in [0.2, 0.25) is 5.91 Å². The van der Waals surface area contributed by atoms with Gasteiger partial charge in [0, 0.05) is 19.7 Å². The van der Waals surface area contributed by atoms with Gasteiger partial charge in [0.25, 0.3) is 0 Å². The van der Waals surface area contributed by atoms with E-state index in [1.165, 1.54) is 12.1 Å². The predicted octanol–water partition coefficient (Wildman–Crippen LogP) is 3.23. The van der Waals surface area contributed by atoms with Crippen LogP contribution in [0.4, 0.5) is 15.9 Å². The minimum atomic E-state index is -0.240. The molecule has 0 unspecified atom stereocenters. The van der Waals surface area contributed by atoms with Gasteiger partial charge in [-0.05, 0) is 43.0 Å². The van der Waals surface area contributed by atoms with E-state index in [4.69, 9.17) is 4.98 Å². The highest BCUT2D eigenvalue weighted by atomic mass is 32.1. The van der Waals surface area contributed by atoms with Crippen LogP contribution >= 0.6 is 13.5 Å². The Morgan fingerprint density at radius 3 is 2.58 bits per heavy atom. The van der Waals surface area contributed by atoms with Crippen LogP contribution in [0.15, 0.2) is 36.7 Å². The summed E-state index contributed by atoms with van der Waals surface area (Å²) < 4.78 is 14.9. The van der Waals surface area contributed by atoms with E-state index in [9.17, 15) is 9.18 Å². The van der Waals surface area contributed by atoms with Crippen LogP contribution < -0.4 is 10.2 Å². The van der Waals surface area contributed by atoms with Crippen molar-refractivity contribution in [2.45, 2.75) is 45.7 Å². The maximum Gasteiger partial charge on any atom is 0.247 e. The van der Waals surface area contributed by atoms with Gasteiger partial charge in [0.15, 0.2) is 5.82 Å². The molecule has 4 rings (SSSR count). The van der Waals surface area contributed by atoms with E-state index in [1.807, 2.05) is 42.9 Å². The number of aromatic nitrogens is 4. The topological polar surface area (TPSA) is 75.9 Å². The third kappa shape index (κ3) is 4.87. The molecule has 1 atom stereocenters. The SMILES string of the molecule is CC[C@H]1C(=O)Nc2c(C)nc(CCc3cnn(Cc4ccc(F)cc4)c3)nc2N1C.S. The third-order valence-electron chi connectivity index (χ3n) is 5.44. The van der Waals surface area contributed by atoms with Crippen LogP contribution in [0.1, 0.15) is 36.0 Å². The minimum Gasteiger partial charge on any atom is -0.346 e. The van der Waals surface area contributed by atoms with Gasteiger partial charge in [0.05, 0.1) is 18.4 Å². The van der Waals surface area contributed by atoms with Crippen molar-refractivity contribution >= 4 is 30.9 Å². The molecule has 1 aliphatic heterocycles. The lowest BCUT2D eigenvalue weighted by atomic mass is 10.1. The van der Waals surface area contributed by atoms with Crippen LogP contribution in [0.5, 0.6) is 0 Å². The van der Waals surface area contributed by atoms with Crippen molar-refractivity contribution < 1.29 is 9.18 Å². The first-order chi connectivity index (χ1) is 14.4. The molecule has 7 nitrogen and oxygen atoms in total. The summed E-state index contributed by atoms with van der Waals surface area (Å²) in [6.07, 6.45) is 5.99. The fraction of sp³-hybridized carbons (Fsp3) is 0.364. The lowest BCUT2D eigenvalue weighted by molar-refractivity contribution is -0.117.